The average Bonchev–Trinajstić information content (AvgIpc) is 3.03. The molecule has 0 aliphatic heterocycles. The number of hydrogen-bond acceptors (Lipinski definition) is 3. The molecule has 0 bridgehead atoms. The lowest BCUT2D eigenvalue weighted by molar-refractivity contribution is 0.0528. The minimum atomic E-state index is -0.369. The minimum absolute atomic E-state index is 0.319. The highest BCUT2D eigenvalue weighted by Gasteiger charge is 2.16. The van der Waals surface area contributed by atoms with E-state index in [1.807, 2.05) is 47.3 Å². The van der Waals surface area contributed by atoms with Crippen molar-refractivity contribution in [3.8, 4) is 0 Å². The summed E-state index contributed by atoms with van der Waals surface area (Å²) in [5, 5.41) is 3.67. The predicted molar refractivity (Wildman–Crippen MR) is 104 cm³/mol. The maximum absolute atomic E-state index is 12.4. The number of nitrogens with zero attached hydrogens (tertiary/aromatic N) is 2. The van der Waals surface area contributed by atoms with Gasteiger partial charge in [-0.2, -0.15) is 0 Å². The highest BCUT2D eigenvalue weighted by molar-refractivity contribution is 6.32. The number of benzene rings is 2. The van der Waals surface area contributed by atoms with Crippen LogP contribution in [0.3, 0.4) is 0 Å². The smallest absolute Gasteiger partial charge is 0.340 e. The van der Waals surface area contributed by atoms with Gasteiger partial charge in [-0.3, -0.25) is 4.98 Å². The number of rotatable bonds is 4. The number of pyridine rings is 1. The van der Waals surface area contributed by atoms with Crippen LogP contribution in [0, 0.1) is 0 Å². The summed E-state index contributed by atoms with van der Waals surface area (Å²) in [6, 6.07) is 15.6. The van der Waals surface area contributed by atoms with Gasteiger partial charge in [0.25, 0.3) is 0 Å². The summed E-state index contributed by atoms with van der Waals surface area (Å²) in [5.74, 6) is -0.369. The lowest BCUT2D eigenvalue weighted by Gasteiger charge is -2.10. The zero-order chi connectivity index (χ0) is 18.1. The van der Waals surface area contributed by atoms with Crippen molar-refractivity contribution in [3.05, 3.63) is 77.2 Å². The number of carbonyl (C=O) groups excluding carboxylic acids is 1. The fourth-order valence-corrected chi connectivity index (χ4v) is 3.43. The Balaban J connectivity index is 1.79. The van der Waals surface area contributed by atoms with E-state index in [9.17, 15) is 4.79 Å². The van der Waals surface area contributed by atoms with E-state index >= 15 is 0 Å². The number of aromatic nitrogens is 2. The van der Waals surface area contributed by atoms with Gasteiger partial charge >= 0.3 is 5.97 Å². The highest BCUT2D eigenvalue weighted by atomic mass is 35.5. The first-order chi connectivity index (χ1) is 12.7. The number of hydrogen-bond donors (Lipinski definition) is 0. The van der Waals surface area contributed by atoms with E-state index in [-0.39, 0.29) is 5.97 Å². The maximum atomic E-state index is 12.4. The van der Waals surface area contributed by atoms with Crippen molar-refractivity contribution in [3.63, 3.8) is 0 Å². The standard InChI is InChI=1S/C21H17ClN2O2/c1-2-26-21(25)19-11-17(22)9-15-7-8-24(20(15)19)13-18-10-14-5-3-4-6-16(14)12-23-18/h3-12H,2,13H2,1H3. The Kier molecular flexibility index (Phi) is 4.35. The predicted octanol–water partition coefficient (Wildman–Crippen LogP) is 5.07. The van der Waals surface area contributed by atoms with Crippen LogP contribution >= 0.6 is 11.6 Å². The molecule has 0 atom stereocenters. The maximum Gasteiger partial charge on any atom is 0.340 e. The number of halogens is 1. The second-order valence-corrected chi connectivity index (χ2v) is 6.51. The van der Waals surface area contributed by atoms with Gasteiger partial charge in [0.15, 0.2) is 0 Å². The first kappa shape index (κ1) is 16.6. The van der Waals surface area contributed by atoms with Crippen molar-refractivity contribution < 1.29 is 9.53 Å². The van der Waals surface area contributed by atoms with Crippen molar-refractivity contribution in [1.29, 1.82) is 0 Å². The van der Waals surface area contributed by atoms with Gasteiger partial charge in [-0.25, -0.2) is 4.79 Å². The summed E-state index contributed by atoms with van der Waals surface area (Å²) < 4.78 is 7.21. The van der Waals surface area contributed by atoms with E-state index < -0.39 is 0 Å². The molecule has 0 unspecified atom stereocenters. The first-order valence-corrected chi connectivity index (χ1v) is 8.82. The van der Waals surface area contributed by atoms with E-state index in [0.29, 0.717) is 23.7 Å². The molecule has 5 heteroatoms. The quantitative estimate of drug-likeness (QED) is 0.475. The van der Waals surface area contributed by atoms with Gasteiger partial charge in [0, 0.05) is 28.2 Å². The van der Waals surface area contributed by atoms with Crippen molar-refractivity contribution in [2.45, 2.75) is 13.5 Å². The summed E-state index contributed by atoms with van der Waals surface area (Å²) in [6.45, 7) is 2.67. The molecule has 4 rings (SSSR count). The van der Waals surface area contributed by atoms with Gasteiger partial charge in [-0.15, -0.1) is 0 Å². The molecule has 0 saturated carbocycles. The van der Waals surface area contributed by atoms with Gasteiger partial charge in [0.05, 0.1) is 29.9 Å². The van der Waals surface area contributed by atoms with Crippen molar-refractivity contribution in [2.75, 3.05) is 6.61 Å². The number of esters is 1. The van der Waals surface area contributed by atoms with Crippen molar-refractivity contribution in [1.82, 2.24) is 9.55 Å². The molecule has 2 aromatic heterocycles. The molecular weight excluding hydrogens is 348 g/mol. The van der Waals surface area contributed by atoms with Crippen LogP contribution in [0.15, 0.2) is 60.9 Å². The molecule has 130 valence electrons. The third-order valence-corrected chi connectivity index (χ3v) is 4.56. The highest BCUT2D eigenvalue weighted by Crippen LogP contribution is 2.27. The summed E-state index contributed by atoms with van der Waals surface area (Å²) in [4.78, 5) is 16.9. The zero-order valence-corrected chi connectivity index (χ0v) is 15.0. The molecule has 2 heterocycles. The Morgan fingerprint density at radius 1 is 1.12 bits per heavy atom. The largest absolute Gasteiger partial charge is 0.462 e. The lowest BCUT2D eigenvalue weighted by Crippen LogP contribution is -2.09. The van der Waals surface area contributed by atoms with Gasteiger partial charge < -0.3 is 9.30 Å². The molecule has 0 saturated heterocycles. The van der Waals surface area contributed by atoms with E-state index in [4.69, 9.17) is 16.3 Å². The lowest BCUT2D eigenvalue weighted by atomic mass is 10.1. The van der Waals surface area contributed by atoms with Gasteiger partial charge in [-0.1, -0.05) is 35.9 Å². The third-order valence-electron chi connectivity index (χ3n) is 4.34. The van der Waals surface area contributed by atoms with Crippen LogP contribution in [-0.2, 0) is 11.3 Å². The minimum Gasteiger partial charge on any atom is -0.462 e. The first-order valence-electron chi connectivity index (χ1n) is 8.45. The normalized spacial score (nSPS) is 11.2. The SMILES string of the molecule is CCOC(=O)c1cc(Cl)cc2ccn(Cc3cc4ccccc4cn3)c12. The molecule has 0 N–H and O–H groups in total. The molecule has 0 amide bonds. The Labute approximate surface area is 156 Å². The second-order valence-electron chi connectivity index (χ2n) is 6.08. The number of carbonyl (C=O) groups is 1. The fraction of sp³-hybridized carbons (Fsp3) is 0.143. The summed E-state index contributed by atoms with van der Waals surface area (Å²) in [7, 11) is 0. The van der Waals surface area contributed by atoms with Gasteiger partial charge in [-0.05, 0) is 36.6 Å². The molecule has 0 radical (unpaired) electrons. The molecule has 2 aromatic carbocycles. The van der Waals surface area contributed by atoms with Crippen molar-refractivity contribution in [2.24, 2.45) is 0 Å². The molecular formula is C21H17ClN2O2. The van der Waals surface area contributed by atoms with Gasteiger partial charge in [0.2, 0.25) is 0 Å². The Bertz CT molecular complexity index is 1120. The number of fused-ring (bicyclic) bond motifs is 2. The van der Waals surface area contributed by atoms with Crippen LogP contribution in [0.2, 0.25) is 5.02 Å². The van der Waals surface area contributed by atoms with Crippen LogP contribution in [0.4, 0.5) is 0 Å². The van der Waals surface area contributed by atoms with Crippen LogP contribution in [0.5, 0.6) is 0 Å². The molecule has 4 aromatic rings. The molecule has 0 aliphatic rings. The molecule has 26 heavy (non-hydrogen) atoms. The Morgan fingerprint density at radius 2 is 1.92 bits per heavy atom. The molecule has 0 spiro atoms. The van der Waals surface area contributed by atoms with Crippen molar-refractivity contribution >= 4 is 39.2 Å². The monoisotopic (exact) mass is 364 g/mol. The molecule has 0 fully saturated rings. The van der Waals surface area contributed by atoms with E-state index in [0.717, 1.165) is 27.4 Å². The van der Waals surface area contributed by atoms with Crippen LogP contribution in [-0.4, -0.2) is 22.1 Å². The number of ether oxygens (including phenoxy) is 1. The Morgan fingerprint density at radius 3 is 2.73 bits per heavy atom. The van der Waals surface area contributed by atoms with Crippen LogP contribution < -0.4 is 0 Å². The van der Waals surface area contributed by atoms with E-state index in [1.165, 1.54) is 0 Å². The van der Waals surface area contributed by atoms with Gasteiger partial charge in [0.1, 0.15) is 0 Å². The topological polar surface area (TPSA) is 44.1 Å². The zero-order valence-electron chi connectivity index (χ0n) is 14.3. The fourth-order valence-electron chi connectivity index (χ4n) is 3.20. The summed E-state index contributed by atoms with van der Waals surface area (Å²) >= 11 is 6.17. The van der Waals surface area contributed by atoms with Crippen LogP contribution in [0.1, 0.15) is 23.0 Å². The van der Waals surface area contributed by atoms with Crippen LogP contribution in [0.25, 0.3) is 21.7 Å². The summed E-state index contributed by atoms with van der Waals surface area (Å²) in [6.07, 6.45) is 3.82. The second kappa shape index (κ2) is 6.81. The molecule has 4 nitrogen and oxygen atoms in total. The Hall–Kier alpha value is -2.85. The molecule has 0 aliphatic carbocycles. The van der Waals surface area contributed by atoms with E-state index in [2.05, 4.69) is 17.1 Å². The van der Waals surface area contributed by atoms with E-state index in [1.54, 1.807) is 13.0 Å². The summed E-state index contributed by atoms with van der Waals surface area (Å²) in [5.41, 5.74) is 2.20. The average molecular weight is 365 g/mol. The third kappa shape index (κ3) is 3.04.